The molecule has 1 atom stereocenters. The van der Waals surface area contributed by atoms with E-state index in [0.717, 1.165) is 6.20 Å². The van der Waals surface area contributed by atoms with Crippen LogP contribution >= 0.6 is 0 Å². The number of fused-ring (bicyclic) bond motifs is 1. The van der Waals surface area contributed by atoms with Gasteiger partial charge < -0.3 is 5.32 Å². The zero-order valence-electron chi connectivity index (χ0n) is 11.2. The van der Waals surface area contributed by atoms with Gasteiger partial charge in [0.2, 0.25) is 0 Å². The molecule has 108 valence electrons. The lowest BCUT2D eigenvalue weighted by Gasteiger charge is -2.23. The Morgan fingerprint density at radius 2 is 2.43 bits per heavy atom. The van der Waals surface area contributed by atoms with E-state index in [-0.39, 0.29) is 17.4 Å². The molecule has 1 saturated heterocycles. The summed E-state index contributed by atoms with van der Waals surface area (Å²) >= 11 is 0. The van der Waals surface area contributed by atoms with Gasteiger partial charge in [0, 0.05) is 24.2 Å². The van der Waals surface area contributed by atoms with Gasteiger partial charge in [-0.2, -0.15) is 0 Å². The molecule has 0 aromatic carbocycles. The molecule has 3 aliphatic rings. The van der Waals surface area contributed by atoms with Crippen molar-refractivity contribution in [2.75, 3.05) is 6.54 Å². The minimum Gasteiger partial charge on any atom is -0.351 e. The monoisotopic (exact) mass is 287 g/mol. The van der Waals surface area contributed by atoms with Gasteiger partial charge in [-0.1, -0.05) is 6.08 Å². The van der Waals surface area contributed by atoms with Crippen LogP contribution in [0.3, 0.4) is 0 Å². The Balaban J connectivity index is 2.04. The van der Waals surface area contributed by atoms with E-state index in [0.29, 0.717) is 35.0 Å². The van der Waals surface area contributed by atoms with Crippen LogP contribution in [0.25, 0.3) is 0 Å². The van der Waals surface area contributed by atoms with Gasteiger partial charge in [0.25, 0.3) is 5.91 Å². The summed E-state index contributed by atoms with van der Waals surface area (Å²) in [5, 5.41) is 12.6. The second kappa shape index (κ2) is 5.14. The second-order valence-electron chi connectivity index (χ2n) is 4.96. The number of hydrogen-bond acceptors (Lipinski definition) is 4. The average Bonchev–Trinajstić information content (AvgIpc) is 2.88. The van der Waals surface area contributed by atoms with Crippen molar-refractivity contribution < 1.29 is 14.4 Å². The molecular weight excluding hydrogens is 273 g/mol. The molecule has 0 aliphatic carbocycles. The summed E-state index contributed by atoms with van der Waals surface area (Å²) in [6.07, 6.45) is 7.73. The summed E-state index contributed by atoms with van der Waals surface area (Å²) in [4.78, 5) is 16.3. The molecular formula is C15H14FN3O2. The Bertz CT molecular complexity index is 670. The minimum absolute atomic E-state index is 0.0542. The number of piperidine rings is 1. The molecule has 1 amide bonds. The largest absolute Gasteiger partial charge is 0.351 e. The minimum atomic E-state index is -0.601. The van der Waals surface area contributed by atoms with Crippen molar-refractivity contribution in [1.29, 1.82) is 0 Å². The molecule has 21 heavy (non-hydrogen) atoms. The van der Waals surface area contributed by atoms with E-state index in [4.69, 9.17) is 0 Å². The molecule has 3 rings (SSSR count). The highest BCUT2D eigenvalue weighted by Gasteiger charge is 2.33. The number of carbonyl (C=O) groups excluding carboxylic acids is 1. The maximum atomic E-state index is 13.9. The highest BCUT2D eigenvalue weighted by molar-refractivity contribution is 6.26. The summed E-state index contributed by atoms with van der Waals surface area (Å²) in [5.74, 6) is -0.744. The Kier molecular flexibility index (Phi) is 3.31. The normalized spacial score (nSPS) is 27.7. The topological polar surface area (TPSA) is 64.9 Å². The quantitative estimate of drug-likeness (QED) is 0.763. The molecule has 0 spiro atoms. The molecule has 3 heterocycles. The lowest BCUT2D eigenvalue weighted by molar-refractivity contribution is -0.117. The van der Waals surface area contributed by atoms with E-state index in [9.17, 15) is 14.4 Å². The van der Waals surface area contributed by atoms with Crippen molar-refractivity contribution >= 4 is 11.6 Å². The summed E-state index contributed by atoms with van der Waals surface area (Å²) in [7, 11) is 0. The van der Waals surface area contributed by atoms with Crippen molar-refractivity contribution in [3.05, 3.63) is 59.9 Å². The Morgan fingerprint density at radius 1 is 1.62 bits per heavy atom. The van der Waals surface area contributed by atoms with Gasteiger partial charge in [-0.15, -0.1) is 6.58 Å². The molecule has 0 unspecified atom stereocenters. The summed E-state index contributed by atoms with van der Waals surface area (Å²) in [6.45, 7) is 4.21. The predicted octanol–water partition coefficient (Wildman–Crippen LogP) is 1.97. The zero-order chi connectivity index (χ0) is 15.0. The number of hydrogen-bond donors (Lipinski definition) is 2. The maximum Gasteiger partial charge on any atom is 0.253 e. The number of hydroxylamine groups is 2. The van der Waals surface area contributed by atoms with Crippen LogP contribution in [0.2, 0.25) is 0 Å². The van der Waals surface area contributed by atoms with E-state index < -0.39 is 5.83 Å². The third kappa shape index (κ3) is 2.34. The summed E-state index contributed by atoms with van der Waals surface area (Å²) in [6, 6.07) is 0. The first-order valence-electron chi connectivity index (χ1n) is 6.57. The lowest BCUT2D eigenvalue weighted by Crippen LogP contribution is -2.42. The number of halogens is 1. The van der Waals surface area contributed by atoms with Crippen LogP contribution in [0.15, 0.2) is 64.9 Å². The maximum absolute atomic E-state index is 13.9. The second-order valence-corrected chi connectivity index (χ2v) is 4.96. The van der Waals surface area contributed by atoms with Crippen molar-refractivity contribution in [3.63, 3.8) is 0 Å². The van der Waals surface area contributed by atoms with Crippen molar-refractivity contribution in [3.8, 4) is 0 Å². The highest BCUT2D eigenvalue weighted by Crippen LogP contribution is 2.31. The van der Waals surface area contributed by atoms with Crippen LogP contribution < -0.4 is 5.32 Å². The first-order chi connectivity index (χ1) is 10.1. The van der Waals surface area contributed by atoms with E-state index in [1.54, 1.807) is 12.2 Å². The Labute approximate surface area is 121 Å². The van der Waals surface area contributed by atoms with Gasteiger partial charge in [0.05, 0.1) is 23.2 Å². The van der Waals surface area contributed by atoms with Crippen molar-refractivity contribution in [2.45, 2.75) is 6.42 Å². The third-order valence-corrected chi connectivity index (χ3v) is 3.56. The van der Waals surface area contributed by atoms with Crippen LogP contribution in [-0.4, -0.2) is 28.4 Å². The van der Waals surface area contributed by atoms with Gasteiger partial charge in [-0.05, 0) is 18.6 Å². The molecule has 1 fully saturated rings. The predicted molar refractivity (Wildman–Crippen MR) is 75.8 cm³/mol. The summed E-state index contributed by atoms with van der Waals surface area (Å²) < 4.78 is 13.9. The fraction of sp³-hybridized carbons (Fsp3) is 0.200. The lowest BCUT2D eigenvalue weighted by atomic mass is 9.90. The average molecular weight is 287 g/mol. The van der Waals surface area contributed by atoms with Crippen LogP contribution in [-0.2, 0) is 4.79 Å². The van der Waals surface area contributed by atoms with Crippen LogP contribution in [0.4, 0.5) is 4.39 Å². The van der Waals surface area contributed by atoms with Gasteiger partial charge in [-0.3, -0.25) is 15.0 Å². The SMILES string of the molecule is C=CC[C@H]1CNC(=O)C2=C/C(=C3\C=CN(O)C=C3F)N=C21. The first-order valence-corrected chi connectivity index (χ1v) is 6.57. The van der Waals surface area contributed by atoms with E-state index in [2.05, 4.69) is 16.9 Å². The standard InChI is InChI=1S/C15H14FN3O2/c1-2-3-9-7-17-15(20)11-6-13(18-14(9)11)10-4-5-19(21)8-12(10)16/h2,4-6,8-9,21H,1,3,7H2,(H,17,20)/b13-10-/t9-/m0/s1. The molecule has 0 bridgehead atoms. The molecule has 3 aliphatic heterocycles. The van der Waals surface area contributed by atoms with E-state index in [1.165, 1.54) is 12.3 Å². The van der Waals surface area contributed by atoms with Crippen molar-refractivity contribution in [1.82, 2.24) is 10.4 Å². The Morgan fingerprint density at radius 3 is 3.14 bits per heavy atom. The number of nitrogens with one attached hydrogen (secondary N) is 1. The molecule has 0 saturated carbocycles. The molecule has 0 aromatic rings. The van der Waals surface area contributed by atoms with Gasteiger partial charge in [-0.25, -0.2) is 9.45 Å². The van der Waals surface area contributed by atoms with Crippen LogP contribution in [0.1, 0.15) is 6.42 Å². The van der Waals surface area contributed by atoms with E-state index in [1.807, 2.05) is 0 Å². The zero-order valence-corrected chi connectivity index (χ0v) is 11.2. The number of allylic oxidation sites excluding steroid dienone is 5. The third-order valence-electron chi connectivity index (χ3n) is 3.56. The van der Waals surface area contributed by atoms with Gasteiger partial charge >= 0.3 is 0 Å². The van der Waals surface area contributed by atoms with Gasteiger partial charge in [0.1, 0.15) is 0 Å². The smallest absolute Gasteiger partial charge is 0.253 e. The van der Waals surface area contributed by atoms with Crippen molar-refractivity contribution in [2.24, 2.45) is 10.9 Å². The number of rotatable bonds is 2. The summed E-state index contributed by atoms with van der Waals surface area (Å²) in [5.41, 5.74) is 1.79. The highest BCUT2D eigenvalue weighted by atomic mass is 19.1. The number of amides is 1. The fourth-order valence-electron chi connectivity index (χ4n) is 2.53. The van der Waals surface area contributed by atoms with E-state index >= 15 is 0 Å². The van der Waals surface area contributed by atoms with Gasteiger partial charge in [0.15, 0.2) is 5.83 Å². The number of nitrogens with zero attached hydrogens (tertiary/aromatic N) is 2. The molecule has 6 heteroatoms. The Hall–Kier alpha value is -2.47. The number of aliphatic imine (C=N–C) groups is 1. The molecule has 0 radical (unpaired) electrons. The first kappa shape index (κ1) is 13.5. The van der Waals surface area contributed by atoms with Crippen LogP contribution in [0.5, 0.6) is 0 Å². The number of carbonyl (C=O) groups is 1. The van der Waals surface area contributed by atoms with Crippen LogP contribution in [0, 0.1) is 5.92 Å². The molecule has 0 aromatic heterocycles. The molecule has 5 nitrogen and oxygen atoms in total. The fourth-order valence-corrected chi connectivity index (χ4v) is 2.53. The molecule has 2 N–H and O–H groups in total.